The molecule has 0 saturated heterocycles. The van der Waals surface area contributed by atoms with Crippen molar-refractivity contribution in [3.63, 3.8) is 0 Å². The van der Waals surface area contributed by atoms with Gasteiger partial charge in [-0.1, -0.05) is 23.4 Å². The average Bonchev–Trinajstić information content (AvgIpc) is 3.20. The number of carbonyl (C=O) groups is 2. The van der Waals surface area contributed by atoms with Gasteiger partial charge in [-0.25, -0.2) is 0 Å². The fourth-order valence-corrected chi connectivity index (χ4v) is 3.18. The Kier molecular flexibility index (Phi) is 5.43. The highest BCUT2D eigenvalue weighted by atomic mass is 35.5. The van der Waals surface area contributed by atoms with Crippen LogP contribution in [0.25, 0.3) is 11.4 Å². The second kappa shape index (κ2) is 7.76. The third-order valence-corrected chi connectivity index (χ3v) is 4.97. The third-order valence-electron chi connectivity index (χ3n) is 3.70. The molecule has 0 unspecified atom stereocenters. The lowest BCUT2D eigenvalue weighted by Crippen LogP contribution is -2.33. The standard InChI is InChI=1S/C17H16ClN5O2S/c1-22-9-3-4-13(22)16(25)19-14(24)10-26-17-21-20-15(23(17)2)11-5-7-12(18)8-6-11/h3-9H,10H2,1-2H3,(H,19,24,25). The summed E-state index contributed by atoms with van der Waals surface area (Å²) in [5.41, 5.74) is 1.30. The van der Waals surface area contributed by atoms with E-state index in [0.29, 0.717) is 21.7 Å². The van der Waals surface area contributed by atoms with Crippen molar-refractivity contribution in [1.29, 1.82) is 0 Å². The second-order valence-corrected chi connectivity index (χ2v) is 6.92. The molecule has 7 nitrogen and oxygen atoms in total. The molecular formula is C17H16ClN5O2S. The van der Waals surface area contributed by atoms with Gasteiger partial charge in [0.2, 0.25) is 5.91 Å². The molecule has 0 aliphatic heterocycles. The second-order valence-electron chi connectivity index (χ2n) is 5.54. The van der Waals surface area contributed by atoms with E-state index < -0.39 is 11.8 Å². The normalized spacial score (nSPS) is 10.7. The lowest BCUT2D eigenvalue weighted by atomic mass is 10.2. The van der Waals surface area contributed by atoms with Crippen LogP contribution in [0, 0.1) is 0 Å². The molecule has 0 aliphatic rings. The minimum atomic E-state index is -0.428. The first-order chi connectivity index (χ1) is 12.5. The number of hydrogen-bond acceptors (Lipinski definition) is 5. The molecule has 3 rings (SSSR count). The Hall–Kier alpha value is -2.58. The van der Waals surface area contributed by atoms with Crippen LogP contribution in [0.5, 0.6) is 0 Å². The van der Waals surface area contributed by atoms with E-state index >= 15 is 0 Å². The van der Waals surface area contributed by atoms with Crippen LogP contribution in [0.15, 0.2) is 47.8 Å². The highest BCUT2D eigenvalue weighted by Crippen LogP contribution is 2.23. The van der Waals surface area contributed by atoms with Crippen LogP contribution in [0.4, 0.5) is 0 Å². The van der Waals surface area contributed by atoms with E-state index in [2.05, 4.69) is 15.5 Å². The van der Waals surface area contributed by atoms with Crippen LogP contribution in [0.1, 0.15) is 10.5 Å². The summed E-state index contributed by atoms with van der Waals surface area (Å²) in [7, 11) is 3.56. The number of benzene rings is 1. The number of nitrogens with zero attached hydrogens (tertiary/aromatic N) is 4. The van der Waals surface area contributed by atoms with E-state index in [1.165, 1.54) is 11.8 Å². The average molecular weight is 390 g/mol. The molecular weight excluding hydrogens is 374 g/mol. The molecule has 2 aromatic heterocycles. The minimum Gasteiger partial charge on any atom is -0.347 e. The topological polar surface area (TPSA) is 81.8 Å². The summed E-state index contributed by atoms with van der Waals surface area (Å²) in [4.78, 5) is 24.1. The first-order valence-corrected chi connectivity index (χ1v) is 9.05. The molecule has 134 valence electrons. The summed E-state index contributed by atoms with van der Waals surface area (Å²) in [5.74, 6) is -0.0902. The van der Waals surface area contributed by atoms with Gasteiger partial charge >= 0.3 is 0 Å². The van der Waals surface area contributed by atoms with Gasteiger partial charge in [0.05, 0.1) is 5.75 Å². The van der Waals surface area contributed by atoms with Gasteiger partial charge in [0, 0.05) is 30.9 Å². The number of thioether (sulfide) groups is 1. The first-order valence-electron chi connectivity index (χ1n) is 7.69. The fraction of sp³-hybridized carbons (Fsp3) is 0.176. The number of carbonyl (C=O) groups excluding carboxylic acids is 2. The third kappa shape index (κ3) is 3.97. The predicted octanol–water partition coefficient (Wildman–Crippen LogP) is 2.52. The maximum atomic E-state index is 12.0. The highest BCUT2D eigenvalue weighted by Gasteiger charge is 2.16. The molecule has 0 spiro atoms. The molecule has 0 saturated carbocycles. The van der Waals surface area contributed by atoms with Crippen molar-refractivity contribution in [2.45, 2.75) is 5.16 Å². The fourth-order valence-electron chi connectivity index (χ4n) is 2.34. The molecule has 3 aromatic rings. The Morgan fingerprint density at radius 3 is 2.54 bits per heavy atom. The van der Waals surface area contributed by atoms with Crippen LogP contribution < -0.4 is 5.32 Å². The van der Waals surface area contributed by atoms with Crippen LogP contribution in [0.3, 0.4) is 0 Å². The highest BCUT2D eigenvalue weighted by molar-refractivity contribution is 7.99. The van der Waals surface area contributed by atoms with Crippen molar-refractivity contribution in [2.75, 3.05) is 5.75 Å². The van der Waals surface area contributed by atoms with E-state index in [1.807, 2.05) is 19.2 Å². The van der Waals surface area contributed by atoms with Gasteiger partial charge < -0.3 is 9.13 Å². The monoisotopic (exact) mass is 389 g/mol. The van der Waals surface area contributed by atoms with Crippen LogP contribution in [0.2, 0.25) is 5.02 Å². The summed E-state index contributed by atoms with van der Waals surface area (Å²) >= 11 is 7.11. The van der Waals surface area contributed by atoms with Crippen molar-refractivity contribution in [2.24, 2.45) is 14.1 Å². The van der Waals surface area contributed by atoms with Gasteiger partial charge in [-0.15, -0.1) is 10.2 Å². The molecule has 1 N–H and O–H groups in total. The first kappa shape index (κ1) is 18.2. The van der Waals surface area contributed by atoms with Crippen molar-refractivity contribution < 1.29 is 9.59 Å². The maximum Gasteiger partial charge on any atom is 0.274 e. The number of nitrogens with one attached hydrogen (secondary N) is 1. The molecule has 26 heavy (non-hydrogen) atoms. The van der Waals surface area contributed by atoms with E-state index in [-0.39, 0.29) is 5.75 Å². The van der Waals surface area contributed by atoms with Gasteiger partial charge in [-0.3, -0.25) is 14.9 Å². The van der Waals surface area contributed by atoms with Gasteiger partial charge in [0.25, 0.3) is 5.91 Å². The van der Waals surface area contributed by atoms with Gasteiger partial charge in [0.15, 0.2) is 11.0 Å². The SMILES string of the molecule is Cn1cccc1C(=O)NC(=O)CSc1nnc(-c2ccc(Cl)cc2)n1C. The Morgan fingerprint density at radius 1 is 1.15 bits per heavy atom. The summed E-state index contributed by atoms with van der Waals surface area (Å²) in [5, 5.41) is 11.8. The smallest absolute Gasteiger partial charge is 0.274 e. The van der Waals surface area contributed by atoms with Crippen LogP contribution in [-0.2, 0) is 18.9 Å². The Balaban J connectivity index is 1.61. The summed E-state index contributed by atoms with van der Waals surface area (Å²) in [6, 6.07) is 10.7. The number of halogens is 1. The molecule has 2 heterocycles. The molecule has 1 aromatic carbocycles. The van der Waals surface area contributed by atoms with E-state index in [9.17, 15) is 9.59 Å². The molecule has 0 fully saturated rings. The summed E-state index contributed by atoms with van der Waals surface area (Å²) < 4.78 is 3.44. The van der Waals surface area contributed by atoms with E-state index in [1.54, 1.807) is 46.6 Å². The quantitative estimate of drug-likeness (QED) is 0.678. The maximum absolute atomic E-state index is 12.0. The number of amides is 2. The van der Waals surface area contributed by atoms with Crippen molar-refractivity contribution in [3.8, 4) is 11.4 Å². The summed E-state index contributed by atoms with van der Waals surface area (Å²) in [6.45, 7) is 0. The zero-order chi connectivity index (χ0) is 18.7. The van der Waals surface area contributed by atoms with Crippen molar-refractivity contribution >= 4 is 35.2 Å². The lowest BCUT2D eigenvalue weighted by Gasteiger charge is -2.06. The van der Waals surface area contributed by atoms with Crippen molar-refractivity contribution in [1.82, 2.24) is 24.6 Å². The van der Waals surface area contributed by atoms with E-state index in [0.717, 1.165) is 5.56 Å². The van der Waals surface area contributed by atoms with Crippen LogP contribution >= 0.6 is 23.4 Å². The number of aromatic nitrogens is 4. The van der Waals surface area contributed by atoms with Crippen LogP contribution in [-0.4, -0.2) is 36.9 Å². The zero-order valence-corrected chi connectivity index (χ0v) is 15.7. The molecule has 2 amide bonds. The lowest BCUT2D eigenvalue weighted by molar-refractivity contribution is -0.117. The number of hydrogen-bond donors (Lipinski definition) is 1. The molecule has 0 aliphatic carbocycles. The Labute approximate surface area is 159 Å². The number of rotatable bonds is 5. The zero-order valence-electron chi connectivity index (χ0n) is 14.1. The van der Waals surface area contributed by atoms with Crippen molar-refractivity contribution in [3.05, 3.63) is 53.3 Å². The minimum absolute atomic E-state index is 0.0583. The van der Waals surface area contributed by atoms with Gasteiger partial charge in [-0.2, -0.15) is 0 Å². The molecule has 0 radical (unpaired) electrons. The molecule has 0 atom stereocenters. The summed E-state index contributed by atoms with van der Waals surface area (Å²) in [6.07, 6.45) is 1.74. The van der Waals surface area contributed by atoms with Gasteiger partial charge in [-0.05, 0) is 36.4 Å². The number of aryl methyl sites for hydroxylation is 1. The van der Waals surface area contributed by atoms with E-state index in [4.69, 9.17) is 11.6 Å². The van der Waals surface area contributed by atoms with Gasteiger partial charge in [0.1, 0.15) is 5.69 Å². The Bertz CT molecular complexity index is 948. The largest absolute Gasteiger partial charge is 0.347 e. The molecule has 0 bridgehead atoms. The Morgan fingerprint density at radius 2 is 1.88 bits per heavy atom. The molecule has 9 heteroatoms. The predicted molar refractivity (Wildman–Crippen MR) is 100 cm³/mol. The number of imide groups is 1.